The number of anilines is 1. The molecule has 126 heavy (non-hydrogen) atoms. The number of rotatable bonds is 10. The lowest BCUT2D eigenvalue weighted by molar-refractivity contribution is -0.114. The van der Waals surface area contributed by atoms with E-state index in [-0.39, 0.29) is 22.3 Å². The highest BCUT2D eigenvalue weighted by Gasteiger charge is 2.24. The summed E-state index contributed by atoms with van der Waals surface area (Å²) in [5.74, 6) is 0.197. The Morgan fingerprint density at radius 2 is 0.738 bits per heavy atom. The number of ketones is 1. The zero-order chi connectivity index (χ0) is 89.3. The molecule has 0 atom stereocenters. The number of fused-ring (bicyclic) bond motifs is 21. The standard InChI is InChI=1S/C18H16O2S.C15H11NO3.3C15H12OS.C13H8O5S.C13H8O3/c1-18(2,3)17(20)12-5-7-16-14(9-12)13-8-11(10-19)4-6-15(13)21-16;1-9(18)16-11-3-5-15-13(7-11)12-6-10(8-17)2-4-14(12)19-15;1-9-5-12-13-7-11(8-16)3-4-14(13)17-15(12)6-10(9)2;1-9-5-10(2)15-13(6-9)12-7-11(8-16)3-4-14(12)17-15;1-9-4-3-5-12-13-7-11(8-16)6-10(2)15(13)17-14(9)12;14-7-8-1-4-12-11(5-8)10-3-2-9(19(15,16)17)6-13(10)18-12;14-7-8-1-3-12-10(5-8)11-6-9(15)2-4-13(11)16-12/h4-10H,1-3H3;2-8H,1H3,(H,16,18);3*3-8H,1-2H3;1-7H,(H,15,16,17);1-7,15H. The summed E-state index contributed by atoms with van der Waals surface area (Å²) in [4.78, 5) is 99.1. The lowest BCUT2D eigenvalue weighted by atomic mass is 9.86. The van der Waals surface area contributed by atoms with Gasteiger partial charge in [-0.1, -0.05) is 68.8 Å². The van der Waals surface area contributed by atoms with Crippen LogP contribution in [0.3, 0.4) is 0 Å². The number of hydrogen-bond donors (Lipinski definition) is 3. The lowest BCUT2D eigenvalue weighted by Gasteiger charge is -2.16. The smallest absolute Gasteiger partial charge is 0.294 e. The van der Waals surface area contributed by atoms with Gasteiger partial charge in [0.1, 0.15) is 83.3 Å². The van der Waals surface area contributed by atoms with Crippen LogP contribution in [-0.4, -0.2) is 73.8 Å². The third-order valence-electron chi connectivity index (χ3n) is 21.5. The fourth-order valence-corrected chi connectivity index (χ4v) is 20.3. The first-order valence-corrected chi connectivity index (χ1v) is 44.4. The van der Waals surface area contributed by atoms with Crippen LogP contribution in [0.1, 0.15) is 144 Å². The number of hydrogen-bond acceptors (Lipinski definition) is 19. The normalized spacial score (nSPS) is 11.4. The molecule has 0 aliphatic carbocycles. The molecular weight excluding hydrogens is 1680 g/mol. The highest BCUT2D eigenvalue weighted by atomic mass is 32.2. The van der Waals surface area contributed by atoms with Crippen molar-refractivity contribution in [3.63, 3.8) is 0 Å². The van der Waals surface area contributed by atoms with E-state index in [1.807, 2.05) is 123 Å². The molecule has 14 aromatic carbocycles. The van der Waals surface area contributed by atoms with Crippen LogP contribution < -0.4 is 5.32 Å². The number of Topliss-reactive ketones (excluding diaryl/α,β-unsaturated/α-hetero) is 1. The number of aromatic hydroxyl groups is 1. The molecule has 0 spiro atoms. The Hall–Kier alpha value is -14.1. The molecule has 21 aromatic rings. The first-order chi connectivity index (χ1) is 60.4. The van der Waals surface area contributed by atoms with E-state index in [0.29, 0.717) is 55.7 Å². The minimum absolute atomic E-state index is 0.124. The molecule has 0 bridgehead atoms. The summed E-state index contributed by atoms with van der Waals surface area (Å²) >= 11 is 7.09. The second-order valence-corrected chi connectivity index (χ2v) is 37.3. The molecule has 7 aromatic heterocycles. The topological polar surface area (TPSA) is 280 Å². The van der Waals surface area contributed by atoms with Crippen molar-refractivity contribution >= 4 is 263 Å². The number of carbonyl (C=O) groups excluding carboxylic acids is 9. The Morgan fingerprint density at radius 3 is 1.27 bits per heavy atom. The number of carbonyl (C=O) groups is 9. The summed E-state index contributed by atoms with van der Waals surface area (Å²) in [7, 11) is -4.26. The van der Waals surface area contributed by atoms with Crippen molar-refractivity contribution in [2.24, 2.45) is 5.41 Å². The monoisotopic (exact) mass is 1760 g/mol. The summed E-state index contributed by atoms with van der Waals surface area (Å²) in [6, 6.07) is 72.4. The Balaban J connectivity index is 0.000000114. The molecule has 0 saturated heterocycles. The predicted molar refractivity (Wildman–Crippen MR) is 514 cm³/mol. The van der Waals surface area contributed by atoms with E-state index < -0.39 is 15.5 Å². The van der Waals surface area contributed by atoms with Gasteiger partial charge in [0.2, 0.25) is 5.91 Å². The Labute approximate surface area is 737 Å². The van der Waals surface area contributed by atoms with Gasteiger partial charge in [0, 0.05) is 182 Å². The molecule has 0 radical (unpaired) electrons. The van der Waals surface area contributed by atoms with Crippen LogP contribution in [0.15, 0.2) is 255 Å². The van der Waals surface area contributed by atoms with E-state index in [2.05, 4.69) is 89.3 Å². The molecule has 22 heteroatoms. The van der Waals surface area contributed by atoms with E-state index in [0.717, 1.165) is 125 Å². The van der Waals surface area contributed by atoms with Gasteiger partial charge in [-0.05, 0) is 257 Å². The average molecular weight is 1760 g/mol. The summed E-state index contributed by atoms with van der Waals surface area (Å²) < 4.78 is 57.9. The van der Waals surface area contributed by atoms with Crippen molar-refractivity contribution < 1.29 is 74.5 Å². The minimum Gasteiger partial charge on any atom is -0.508 e. The fraction of sp³-hybridized carbons (Fsp3) is 0.106. The molecule has 0 fully saturated rings. The van der Waals surface area contributed by atoms with Crippen LogP contribution in [-0.2, 0) is 14.9 Å². The highest BCUT2D eigenvalue weighted by molar-refractivity contribution is 7.85. The van der Waals surface area contributed by atoms with Gasteiger partial charge in [-0.25, -0.2) is 0 Å². The fourth-order valence-electron chi connectivity index (χ4n) is 15.2. The van der Waals surface area contributed by atoms with E-state index in [1.54, 1.807) is 125 Å². The van der Waals surface area contributed by atoms with Gasteiger partial charge in [-0.2, -0.15) is 8.42 Å². The average Bonchev–Trinajstić information content (AvgIpc) is 1.62. The van der Waals surface area contributed by atoms with Crippen LogP contribution in [0.25, 0.3) is 147 Å². The van der Waals surface area contributed by atoms with E-state index >= 15 is 0 Å². The number of amides is 1. The number of phenolic OH excluding ortho intramolecular Hbond substituents is 1. The quantitative estimate of drug-likeness (QED) is 0.0652. The number of aryl methyl sites for hydroxylation is 6. The van der Waals surface area contributed by atoms with Gasteiger partial charge >= 0.3 is 0 Å². The van der Waals surface area contributed by atoms with Crippen molar-refractivity contribution in [2.75, 3.05) is 5.32 Å². The van der Waals surface area contributed by atoms with E-state index in [9.17, 15) is 56.7 Å². The summed E-state index contributed by atoms with van der Waals surface area (Å²) in [5.41, 5.74) is 17.1. The zero-order valence-corrected chi connectivity index (χ0v) is 73.8. The summed E-state index contributed by atoms with van der Waals surface area (Å²) in [6.07, 6.45) is 5.91. The third-order valence-corrected chi connectivity index (χ3v) is 27.4. The molecule has 0 unspecified atom stereocenters. The Morgan fingerprint density at radius 1 is 0.333 bits per heavy atom. The van der Waals surface area contributed by atoms with Gasteiger partial charge in [0.15, 0.2) is 5.78 Å². The Kier molecular flexibility index (Phi) is 24.8. The van der Waals surface area contributed by atoms with Gasteiger partial charge in [-0.3, -0.25) is 47.7 Å². The second kappa shape index (κ2) is 36.0. The Bertz CT molecular complexity index is 8160. The maximum Gasteiger partial charge on any atom is 0.294 e. The third kappa shape index (κ3) is 18.2. The molecule has 0 aliphatic heterocycles. The molecule has 0 saturated carbocycles. The number of nitrogens with one attached hydrogen (secondary N) is 1. The molecule has 21 rings (SSSR count). The summed E-state index contributed by atoms with van der Waals surface area (Å²) in [5, 5.41) is 26.4. The van der Waals surface area contributed by atoms with E-state index in [1.165, 1.54) is 113 Å². The number of benzene rings is 14. The lowest BCUT2D eigenvalue weighted by Crippen LogP contribution is -2.19. The van der Waals surface area contributed by atoms with Gasteiger partial charge in [0.05, 0.1) is 4.90 Å². The van der Waals surface area contributed by atoms with E-state index in [4.69, 9.17) is 17.8 Å². The molecule has 626 valence electrons. The van der Waals surface area contributed by atoms with Crippen LogP contribution in [0.2, 0.25) is 0 Å². The molecular formula is C104H79NO16S5. The second-order valence-electron chi connectivity index (χ2n) is 31.6. The van der Waals surface area contributed by atoms with Crippen LogP contribution in [0.4, 0.5) is 5.69 Å². The first-order valence-electron chi connectivity index (χ1n) is 39.7. The van der Waals surface area contributed by atoms with Crippen LogP contribution >= 0.6 is 45.3 Å². The zero-order valence-electron chi connectivity index (χ0n) is 69.7. The van der Waals surface area contributed by atoms with Crippen LogP contribution in [0, 0.1) is 47.0 Å². The van der Waals surface area contributed by atoms with Crippen LogP contribution in [0.5, 0.6) is 5.75 Å². The maximum absolute atomic E-state index is 12.4. The van der Waals surface area contributed by atoms with Crippen molar-refractivity contribution in [3.05, 3.63) is 314 Å². The largest absolute Gasteiger partial charge is 0.508 e. The SMILES string of the molecule is CC(=O)Nc1ccc2oc3ccc(C=O)cc3c2c1.CC(C)(C)C(=O)c1ccc2sc3ccc(C=O)cc3c2c1.Cc1cc(C)c2sc3ccc(C=O)cc3c2c1.Cc1cc2sc3ccc(C=O)cc3c2cc1C.Cc1cccc2c1sc1c(C)cc(C=O)cc12.O=Cc1ccc2oc3cc(S(=O)(=O)O)ccc3c2c1.O=Cc1ccc2oc3ccc(O)cc3c2c1. The molecule has 0 aliphatic rings. The molecule has 3 N–H and O–H groups in total. The molecule has 1 amide bonds. The van der Waals surface area contributed by atoms with Gasteiger partial charge in [0.25, 0.3) is 10.1 Å². The maximum atomic E-state index is 12.4. The van der Waals surface area contributed by atoms with Crippen molar-refractivity contribution in [1.82, 2.24) is 0 Å². The molecule has 17 nitrogen and oxygen atoms in total. The van der Waals surface area contributed by atoms with Crippen molar-refractivity contribution in [2.45, 2.75) is 74.1 Å². The summed E-state index contributed by atoms with van der Waals surface area (Å²) in [6.45, 7) is 20.0. The van der Waals surface area contributed by atoms with Crippen molar-refractivity contribution in [3.8, 4) is 5.75 Å². The number of furan rings is 3. The van der Waals surface area contributed by atoms with Gasteiger partial charge < -0.3 is 23.7 Å². The van der Waals surface area contributed by atoms with Crippen molar-refractivity contribution in [1.29, 1.82) is 0 Å². The minimum atomic E-state index is -4.26. The first kappa shape index (κ1) is 86.8. The predicted octanol–water partition coefficient (Wildman–Crippen LogP) is 27.7. The number of aldehydes is 7. The number of thiophene rings is 4. The molecule has 7 heterocycles. The highest BCUT2D eigenvalue weighted by Crippen LogP contribution is 2.43. The van der Waals surface area contributed by atoms with Gasteiger partial charge in [-0.15, -0.1) is 45.3 Å². The number of phenols is 1.